The second kappa shape index (κ2) is 11.1. The fourth-order valence-corrected chi connectivity index (χ4v) is 6.02. The summed E-state index contributed by atoms with van der Waals surface area (Å²) in [6, 6.07) is 4.55. The van der Waals surface area contributed by atoms with E-state index in [-0.39, 0.29) is 18.0 Å². The van der Waals surface area contributed by atoms with Crippen molar-refractivity contribution in [2.75, 3.05) is 33.2 Å². The fourth-order valence-electron chi connectivity index (χ4n) is 6.02. The van der Waals surface area contributed by atoms with Gasteiger partial charge < -0.3 is 15.5 Å². The van der Waals surface area contributed by atoms with E-state index in [1.54, 1.807) is 13.0 Å². The van der Waals surface area contributed by atoms with Crippen LogP contribution in [-0.4, -0.2) is 71.9 Å². The lowest BCUT2D eigenvalue weighted by atomic mass is 9.78. The Bertz CT molecular complexity index is 1320. The molecule has 2 heterocycles. The summed E-state index contributed by atoms with van der Waals surface area (Å²) in [5, 5.41) is 0. The molecule has 0 aliphatic carbocycles. The van der Waals surface area contributed by atoms with E-state index in [1.807, 2.05) is 0 Å². The minimum atomic E-state index is -5.05. The number of nitrogens with zero attached hydrogens (tertiary/aromatic N) is 3. The first-order valence-corrected chi connectivity index (χ1v) is 13.4. The van der Waals surface area contributed by atoms with Gasteiger partial charge in [-0.3, -0.25) is 9.69 Å². The quantitative estimate of drug-likeness (QED) is 0.458. The third-order valence-electron chi connectivity index (χ3n) is 8.59. The van der Waals surface area contributed by atoms with Crippen LogP contribution in [0.15, 0.2) is 36.4 Å². The summed E-state index contributed by atoms with van der Waals surface area (Å²) in [7, 11) is 1.49. The van der Waals surface area contributed by atoms with Crippen LogP contribution in [0.25, 0.3) is 0 Å². The molecule has 0 spiro atoms. The number of rotatable bonds is 5. The second-order valence-corrected chi connectivity index (χ2v) is 11.7. The summed E-state index contributed by atoms with van der Waals surface area (Å²) in [5.74, 6) is -1.44. The number of primary amides is 1. The monoisotopic (exact) mass is 602 g/mol. The molecule has 42 heavy (non-hydrogen) atoms. The van der Waals surface area contributed by atoms with Crippen LogP contribution >= 0.6 is 0 Å². The summed E-state index contributed by atoms with van der Waals surface area (Å²) in [6.45, 7) is 6.19. The summed E-state index contributed by atoms with van der Waals surface area (Å²) >= 11 is 0. The van der Waals surface area contributed by atoms with Gasteiger partial charge in [0.05, 0.1) is 16.5 Å². The molecule has 2 aliphatic rings. The minimum absolute atomic E-state index is 0.0325. The molecule has 0 radical (unpaired) electrons. The van der Waals surface area contributed by atoms with Crippen LogP contribution < -0.4 is 5.73 Å². The molecule has 2 saturated heterocycles. The van der Waals surface area contributed by atoms with Gasteiger partial charge in [-0.25, -0.2) is 9.18 Å². The Kier molecular flexibility index (Phi) is 8.31. The number of amides is 3. The maximum atomic E-state index is 14.0. The predicted molar refractivity (Wildman–Crippen MR) is 141 cm³/mol. The zero-order valence-electron chi connectivity index (χ0n) is 23.6. The van der Waals surface area contributed by atoms with Crippen molar-refractivity contribution in [2.24, 2.45) is 5.73 Å². The van der Waals surface area contributed by atoms with Crippen LogP contribution in [-0.2, 0) is 22.6 Å². The van der Waals surface area contributed by atoms with E-state index in [0.717, 1.165) is 5.56 Å². The van der Waals surface area contributed by atoms with E-state index >= 15 is 0 Å². The Morgan fingerprint density at radius 2 is 1.45 bits per heavy atom. The highest BCUT2D eigenvalue weighted by atomic mass is 19.4. The fraction of sp³-hybridized carbons (Fsp3) is 0.517. The molecular weight excluding hydrogens is 569 g/mol. The zero-order chi connectivity index (χ0) is 31.4. The molecule has 2 aromatic carbocycles. The molecule has 6 nitrogen and oxygen atoms in total. The van der Waals surface area contributed by atoms with Crippen LogP contribution in [0.4, 0.5) is 35.5 Å². The van der Waals surface area contributed by atoms with Crippen molar-refractivity contribution in [1.29, 1.82) is 0 Å². The number of urea groups is 1. The third-order valence-corrected chi connectivity index (χ3v) is 8.59. The molecule has 0 saturated carbocycles. The lowest BCUT2D eigenvalue weighted by Gasteiger charge is -2.51. The standard InChI is InChI=1S/C29H33F7N4O2/c1-16-9-20(30)5-6-22(16)23-15-39(21-13-40(14-21)26(37)42)8-7-24(23)38(4)25(41)27(2,3)17-10-18(28(31,32)33)12-19(11-17)29(34,35)36/h5-6,9-12,21,23-24H,7-8,13-15H2,1-4H3,(H2,37,42)/t23-,24+/m1/s1. The molecule has 2 aliphatic heterocycles. The molecule has 3 amide bonds. The molecule has 230 valence electrons. The maximum absolute atomic E-state index is 14.0. The van der Waals surface area contributed by atoms with Gasteiger partial charge in [0.1, 0.15) is 5.82 Å². The Hall–Kier alpha value is -3.35. The lowest BCUT2D eigenvalue weighted by molar-refractivity contribution is -0.144. The third kappa shape index (κ3) is 6.20. The average molecular weight is 603 g/mol. The van der Waals surface area contributed by atoms with Crippen LogP contribution in [0.1, 0.15) is 54.0 Å². The smallest absolute Gasteiger partial charge is 0.351 e. The molecular formula is C29H33F7N4O2. The first kappa shape index (κ1) is 31.6. The van der Waals surface area contributed by atoms with Gasteiger partial charge in [0.15, 0.2) is 0 Å². The molecule has 0 bridgehead atoms. The second-order valence-electron chi connectivity index (χ2n) is 11.7. The van der Waals surface area contributed by atoms with Gasteiger partial charge in [0, 0.05) is 51.2 Å². The van der Waals surface area contributed by atoms with E-state index in [9.17, 15) is 40.3 Å². The largest absolute Gasteiger partial charge is 0.416 e. The number of alkyl halides is 6. The first-order chi connectivity index (χ1) is 19.3. The van der Waals surface area contributed by atoms with Crippen molar-refractivity contribution in [3.63, 3.8) is 0 Å². The van der Waals surface area contributed by atoms with Gasteiger partial charge in [-0.1, -0.05) is 6.07 Å². The number of nitrogens with two attached hydrogens (primary N) is 1. The number of halogens is 7. The summed E-state index contributed by atoms with van der Waals surface area (Å²) in [5.41, 5.74) is 1.64. The normalized spacial score (nSPS) is 20.8. The highest BCUT2D eigenvalue weighted by Gasteiger charge is 2.45. The highest BCUT2D eigenvalue weighted by molar-refractivity contribution is 5.87. The minimum Gasteiger partial charge on any atom is -0.351 e. The summed E-state index contributed by atoms with van der Waals surface area (Å²) in [4.78, 5) is 30.5. The highest BCUT2D eigenvalue weighted by Crippen LogP contribution is 2.41. The number of hydrogen-bond donors (Lipinski definition) is 1. The molecule has 2 aromatic rings. The number of carbonyl (C=O) groups excluding carboxylic acids is 2. The molecule has 4 rings (SSSR count). The number of likely N-dealkylation sites (tertiary alicyclic amines) is 2. The van der Waals surface area contributed by atoms with Crippen molar-refractivity contribution < 1.29 is 40.3 Å². The van der Waals surface area contributed by atoms with Crippen molar-refractivity contribution in [3.8, 4) is 0 Å². The molecule has 0 aromatic heterocycles. The van der Waals surface area contributed by atoms with Gasteiger partial charge in [-0.05, 0) is 74.2 Å². The van der Waals surface area contributed by atoms with E-state index in [2.05, 4.69) is 4.90 Å². The molecule has 2 fully saturated rings. The van der Waals surface area contributed by atoms with Gasteiger partial charge in [-0.2, -0.15) is 26.3 Å². The van der Waals surface area contributed by atoms with Gasteiger partial charge in [0.25, 0.3) is 0 Å². The predicted octanol–water partition coefficient (Wildman–Crippen LogP) is 5.53. The number of benzene rings is 2. The Labute approximate surface area is 239 Å². The Balaban J connectivity index is 1.67. The van der Waals surface area contributed by atoms with E-state index < -0.39 is 58.3 Å². The van der Waals surface area contributed by atoms with E-state index in [4.69, 9.17) is 5.73 Å². The topological polar surface area (TPSA) is 69.9 Å². The number of likely N-dealkylation sites (N-methyl/N-ethyl adjacent to an activating group) is 1. The maximum Gasteiger partial charge on any atom is 0.416 e. The van der Waals surface area contributed by atoms with Crippen molar-refractivity contribution in [1.82, 2.24) is 14.7 Å². The van der Waals surface area contributed by atoms with Crippen molar-refractivity contribution >= 4 is 11.9 Å². The first-order valence-electron chi connectivity index (χ1n) is 13.4. The summed E-state index contributed by atoms with van der Waals surface area (Å²) in [6.07, 6.45) is -9.67. The zero-order valence-corrected chi connectivity index (χ0v) is 23.6. The SMILES string of the molecule is Cc1cc(F)ccc1[C@H]1CN(C2CN(C(N)=O)C2)CC[C@@H]1N(C)C(=O)C(C)(C)c1cc(C(F)(F)F)cc(C(F)(F)F)c1. The number of aryl methyl sites for hydroxylation is 1. The number of piperidine rings is 1. The van der Waals surface area contributed by atoms with Crippen LogP contribution in [0.2, 0.25) is 0 Å². The van der Waals surface area contributed by atoms with Gasteiger partial charge in [0.2, 0.25) is 5.91 Å². The average Bonchev–Trinajstić information content (AvgIpc) is 2.85. The van der Waals surface area contributed by atoms with Crippen LogP contribution in [0, 0.1) is 12.7 Å². The van der Waals surface area contributed by atoms with Crippen LogP contribution in [0.3, 0.4) is 0 Å². The molecule has 2 atom stereocenters. The number of carbonyl (C=O) groups is 2. The molecule has 13 heteroatoms. The molecule has 2 N–H and O–H groups in total. The van der Waals surface area contributed by atoms with Gasteiger partial charge in [-0.15, -0.1) is 0 Å². The summed E-state index contributed by atoms with van der Waals surface area (Å²) < 4.78 is 95.3. The Morgan fingerprint density at radius 1 is 0.905 bits per heavy atom. The number of hydrogen-bond acceptors (Lipinski definition) is 3. The Morgan fingerprint density at radius 3 is 1.95 bits per heavy atom. The molecule has 0 unspecified atom stereocenters. The van der Waals surface area contributed by atoms with E-state index in [0.29, 0.717) is 50.3 Å². The van der Waals surface area contributed by atoms with Crippen molar-refractivity contribution in [3.05, 3.63) is 70.0 Å². The van der Waals surface area contributed by atoms with Crippen LogP contribution in [0.5, 0.6) is 0 Å². The van der Waals surface area contributed by atoms with Gasteiger partial charge >= 0.3 is 18.4 Å². The van der Waals surface area contributed by atoms with Crippen molar-refractivity contribution in [2.45, 2.75) is 63.0 Å². The lowest BCUT2D eigenvalue weighted by Crippen LogP contribution is -2.65. The van der Waals surface area contributed by atoms with E-state index in [1.165, 1.54) is 42.8 Å².